The topological polar surface area (TPSA) is 103 Å². The highest BCUT2D eigenvalue weighted by Crippen LogP contribution is 2.31. The Kier molecular flexibility index (Phi) is 3.96. The standard InChI is InChI=1S/C12H18N4O3/c1-3-19-9-6-8(13)10(9)15-12-11(16(17)18)7(2)4-5-14-12/h4-5,8-10H,3,6,13H2,1-2H3,(H,14,15). The Morgan fingerprint density at radius 2 is 2.42 bits per heavy atom. The van der Waals surface area contributed by atoms with E-state index in [0.717, 1.165) is 6.42 Å². The Hall–Kier alpha value is -1.73. The van der Waals surface area contributed by atoms with Crippen molar-refractivity contribution >= 4 is 11.5 Å². The molecule has 1 fully saturated rings. The van der Waals surface area contributed by atoms with Crippen molar-refractivity contribution in [3.8, 4) is 0 Å². The van der Waals surface area contributed by atoms with E-state index >= 15 is 0 Å². The van der Waals surface area contributed by atoms with Crippen molar-refractivity contribution in [3.63, 3.8) is 0 Å². The van der Waals surface area contributed by atoms with Gasteiger partial charge in [0.15, 0.2) is 0 Å². The van der Waals surface area contributed by atoms with E-state index in [-0.39, 0.29) is 29.7 Å². The first-order valence-corrected chi connectivity index (χ1v) is 6.28. The molecule has 1 aliphatic rings. The SMILES string of the molecule is CCOC1CC(N)C1Nc1nccc(C)c1[N+](=O)[O-]. The fourth-order valence-corrected chi connectivity index (χ4v) is 2.27. The number of rotatable bonds is 5. The summed E-state index contributed by atoms with van der Waals surface area (Å²) in [5.41, 5.74) is 6.48. The number of hydrogen-bond donors (Lipinski definition) is 2. The van der Waals surface area contributed by atoms with Gasteiger partial charge >= 0.3 is 5.69 Å². The van der Waals surface area contributed by atoms with Crippen LogP contribution in [0.3, 0.4) is 0 Å². The lowest BCUT2D eigenvalue weighted by molar-refractivity contribution is -0.384. The van der Waals surface area contributed by atoms with Crippen LogP contribution in [0.1, 0.15) is 18.9 Å². The van der Waals surface area contributed by atoms with Crippen molar-refractivity contribution in [2.45, 2.75) is 38.5 Å². The molecule has 0 saturated heterocycles. The van der Waals surface area contributed by atoms with Gasteiger partial charge in [-0.15, -0.1) is 0 Å². The van der Waals surface area contributed by atoms with Gasteiger partial charge in [0.25, 0.3) is 0 Å². The number of nitrogens with zero attached hydrogens (tertiary/aromatic N) is 2. The highest BCUT2D eigenvalue weighted by Gasteiger charge is 2.40. The van der Waals surface area contributed by atoms with Crippen LogP contribution in [0.25, 0.3) is 0 Å². The van der Waals surface area contributed by atoms with E-state index in [4.69, 9.17) is 10.5 Å². The van der Waals surface area contributed by atoms with Crippen molar-refractivity contribution < 1.29 is 9.66 Å². The van der Waals surface area contributed by atoms with E-state index in [0.29, 0.717) is 12.2 Å². The smallest absolute Gasteiger partial charge is 0.314 e. The number of hydrogen-bond acceptors (Lipinski definition) is 6. The predicted molar refractivity (Wildman–Crippen MR) is 71.0 cm³/mol. The van der Waals surface area contributed by atoms with Gasteiger partial charge in [0.1, 0.15) is 0 Å². The van der Waals surface area contributed by atoms with Gasteiger partial charge in [0, 0.05) is 24.4 Å². The van der Waals surface area contributed by atoms with Gasteiger partial charge in [-0.1, -0.05) is 0 Å². The van der Waals surface area contributed by atoms with Gasteiger partial charge in [-0.25, -0.2) is 4.98 Å². The molecule has 0 aromatic carbocycles. The molecule has 0 aliphatic heterocycles. The van der Waals surface area contributed by atoms with Crippen molar-refractivity contribution in [1.82, 2.24) is 4.98 Å². The van der Waals surface area contributed by atoms with E-state index in [1.807, 2.05) is 6.92 Å². The molecule has 0 spiro atoms. The molecule has 1 aromatic rings. The fourth-order valence-electron chi connectivity index (χ4n) is 2.27. The molecule has 3 N–H and O–H groups in total. The van der Waals surface area contributed by atoms with E-state index < -0.39 is 4.92 Å². The molecule has 7 heteroatoms. The molecule has 19 heavy (non-hydrogen) atoms. The van der Waals surface area contributed by atoms with Crippen LogP contribution in [0.15, 0.2) is 12.3 Å². The van der Waals surface area contributed by atoms with E-state index in [2.05, 4.69) is 10.3 Å². The molecular weight excluding hydrogens is 248 g/mol. The molecule has 0 amide bonds. The Bertz CT molecular complexity index is 478. The molecule has 2 rings (SSSR count). The molecule has 3 unspecified atom stereocenters. The van der Waals surface area contributed by atoms with Crippen molar-refractivity contribution in [3.05, 3.63) is 27.9 Å². The quantitative estimate of drug-likeness (QED) is 0.613. The van der Waals surface area contributed by atoms with Crippen LogP contribution in [0.4, 0.5) is 11.5 Å². The molecule has 0 bridgehead atoms. The van der Waals surface area contributed by atoms with Crippen LogP contribution in [-0.4, -0.2) is 34.7 Å². The first kappa shape index (κ1) is 13.7. The molecule has 0 radical (unpaired) electrons. The summed E-state index contributed by atoms with van der Waals surface area (Å²) >= 11 is 0. The van der Waals surface area contributed by atoms with Crippen LogP contribution >= 0.6 is 0 Å². The second-order valence-electron chi connectivity index (χ2n) is 4.65. The summed E-state index contributed by atoms with van der Waals surface area (Å²) in [6, 6.07) is 1.41. The number of aryl methyl sites for hydroxylation is 1. The second kappa shape index (κ2) is 5.50. The Balaban J connectivity index is 2.19. The van der Waals surface area contributed by atoms with E-state index in [9.17, 15) is 10.1 Å². The monoisotopic (exact) mass is 266 g/mol. The number of nitrogens with one attached hydrogen (secondary N) is 1. The first-order chi connectivity index (χ1) is 9.04. The number of nitrogens with two attached hydrogens (primary N) is 1. The Morgan fingerprint density at radius 3 is 3.00 bits per heavy atom. The van der Waals surface area contributed by atoms with Gasteiger partial charge < -0.3 is 15.8 Å². The third-order valence-electron chi connectivity index (χ3n) is 3.36. The minimum Gasteiger partial charge on any atom is -0.376 e. The summed E-state index contributed by atoms with van der Waals surface area (Å²) in [5.74, 6) is 0.259. The third-order valence-corrected chi connectivity index (χ3v) is 3.36. The number of pyridine rings is 1. The van der Waals surface area contributed by atoms with Crippen LogP contribution in [0.5, 0.6) is 0 Å². The Morgan fingerprint density at radius 1 is 1.68 bits per heavy atom. The average molecular weight is 266 g/mol. The molecule has 1 saturated carbocycles. The lowest BCUT2D eigenvalue weighted by Crippen LogP contribution is -2.60. The number of aromatic nitrogens is 1. The first-order valence-electron chi connectivity index (χ1n) is 6.28. The van der Waals surface area contributed by atoms with Crippen LogP contribution in [0.2, 0.25) is 0 Å². The molecule has 7 nitrogen and oxygen atoms in total. The lowest BCUT2D eigenvalue weighted by atomic mass is 9.83. The zero-order valence-electron chi connectivity index (χ0n) is 11.0. The number of anilines is 1. The maximum Gasteiger partial charge on any atom is 0.314 e. The molecule has 1 aliphatic carbocycles. The van der Waals surface area contributed by atoms with E-state index in [1.165, 1.54) is 0 Å². The maximum atomic E-state index is 11.1. The predicted octanol–water partition coefficient (Wildman–Crippen LogP) is 1.21. The van der Waals surface area contributed by atoms with Crippen LogP contribution < -0.4 is 11.1 Å². The zero-order valence-corrected chi connectivity index (χ0v) is 11.0. The van der Waals surface area contributed by atoms with Gasteiger partial charge in [0.05, 0.1) is 17.1 Å². The van der Waals surface area contributed by atoms with Crippen LogP contribution in [0, 0.1) is 17.0 Å². The van der Waals surface area contributed by atoms with Crippen molar-refractivity contribution in [1.29, 1.82) is 0 Å². The summed E-state index contributed by atoms with van der Waals surface area (Å²) in [4.78, 5) is 14.7. The highest BCUT2D eigenvalue weighted by molar-refractivity contribution is 5.60. The van der Waals surface area contributed by atoms with E-state index in [1.54, 1.807) is 19.2 Å². The Labute approximate surface area is 111 Å². The molecule has 1 aromatic heterocycles. The lowest BCUT2D eigenvalue weighted by Gasteiger charge is -2.42. The normalized spacial score (nSPS) is 25.7. The summed E-state index contributed by atoms with van der Waals surface area (Å²) in [5, 5.41) is 14.1. The van der Waals surface area contributed by atoms with Gasteiger partial charge in [-0.05, 0) is 26.3 Å². The second-order valence-corrected chi connectivity index (χ2v) is 4.65. The highest BCUT2D eigenvalue weighted by atomic mass is 16.6. The number of ether oxygens (including phenoxy) is 1. The minimum atomic E-state index is -0.426. The van der Waals surface area contributed by atoms with Crippen molar-refractivity contribution in [2.24, 2.45) is 5.73 Å². The largest absolute Gasteiger partial charge is 0.376 e. The molecule has 1 heterocycles. The van der Waals surface area contributed by atoms with Gasteiger partial charge in [0.2, 0.25) is 5.82 Å². The van der Waals surface area contributed by atoms with Gasteiger partial charge in [-0.2, -0.15) is 0 Å². The molecule has 104 valence electrons. The minimum absolute atomic E-state index is 0.00292. The summed E-state index contributed by atoms with van der Waals surface area (Å²) < 4.78 is 5.52. The van der Waals surface area contributed by atoms with Gasteiger partial charge in [-0.3, -0.25) is 10.1 Å². The third kappa shape index (κ3) is 2.66. The van der Waals surface area contributed by atoms with Crippen LogP contribution in [-0.2, 0) is 4.74 Å². The summed E-state index contributed by atoms with van der Waals surface area (Å²) in [6.45, 7) is 4.19. The summed E-state index contributed by atoms with van der Waals surface area (Å²) in [6.07, 6.45) is 2.29. The summed E-state index contributed by atoms with van der Waals surface area (Å²) in [7, 11) is 0. The van der Waals surface area contributed by atoms with Crippen molar-refractivity contribution in [2.75, 3.05) is 11.9 Å². The number of nitro groups is 1. The molecule has 3 atom stereocenters. The fraction of sp³-hybridized carbons (Fsp3) is 0.583. The zero-order chi connectivity index (χ0) is 14.0. The molecular formula is C12H18N4O3. The maximum absolute atomic E-state index is 11.1. The average Bonchev–Trinajstić information content (AvgIpc) is 2.35.